The van der Waals surface area contributed by atoms with E-state index >= 15 is 0 Å². The first-order chi connectivity index (χ1) is 17.9. The summed E-state index contributed by atoms with van der Waals surface area (Å²) < 4.78 is 42.7. The summed E-state index contributed by atoms with van der Waals surface area (Å²) in [5.41, 5.74) is 2.88. The van der Waals surface area contributed by atoms with Crippen molar-refractivity contribution < 1.29 is 27.2 Å². The van der Waals surface area contributed by atoms with Gasteiger partial charge in [-0.2, -0.15) is 8.42 Å². The maximum absolute atomic E-state index is 12.7. The van der Waals surface area contributed by atoms with Gasteiger partial charge in [-0.3, -0.25) is 4.18 Å². The highest BCUT2D eigenvalue weighted by Gasteiger charge is 2.27. The van der Waals surface area contributed by atoms with Crippen molar-refractivity contribution in [2.45, 2.75) is 62.6 Å². The molecular weight excluding hydrogens is 488 g/mol. The Labute approximate surface area is 220 Å². The lowest BCUT2D eigenvalue weighted by Gasteiger charge is -2.27. The van der Waals surface area contributed by atoms with Gasteiger partial charge in [0.25, 0.3) is 10.1 Å². The molecule has 3 rings (SSSR count). The fourth-order valence-corrected chi connectivity index (χ4v) is 4.64. The summed E-state index contributed by atoms with van der Waals surface area (Å²) in [5.74, 6) is 2.64. The Bertz CT molecular complexity index is 1200. The van der Waals surface area contributed by atoms with Crippen molar-refractivity contribution in [2.75, 3.05) is 6.61 Å². The van der Waals surface area contributed by atoms with Gasteiger partial charge in [0.2, 0.25) is 0 Å². The molecule has 0 aliphatic rings. The van der Waals surface area contributed by atoms with Crippen molar-refractivity contribution in [2.24, 2.45) is 0 Å². The Balaban J connectivity index is 1.69. The molecule has 0 fully saturated rings. The van der Waals surface area contributed by atoms with E-state index in [1.807, 2.05) is 67.6 Å². The summed E-state index contributed by atoms with van der Waals surface area (Å²) in [6.45, 7) is 2.05. The van der Waals surface area contributed by atoms with Gasteiger partial charge >= 0.3 is 0 Å². The highest BCUT2D eigenvalue weighted by atomic mass is 32.2. The first-order valence-corrected chi connectivity index (χ1v) is 13.7. The number of aliphatic hydroxyl groups is 1. The van der Waals surface area contributed by atoms with Gasteiger partial charge in [-0.15, -0.1) is 12.3 Å². The minimum Gasteiger partial charge on any atom is -0.388 e. The summed E-state index contributed by atoms with van der Waals surface area (Å²) in [7, 11) is -4.03. The third kappa shape index (κ3) is 9.77. The highest BCUT2D eigenvalue weighted by molar-refractivity contribution is 7.86. The van der Waals surface area contributed by atoms with E-state index in [1.54, 1.807) is 12.1 Å². The van der Waals surface area contributed by atoms with E-state index in [-0.39, 0.29) is 17.6 Å². The number of aryl methyl sites for hydroxylation is 1. The van der Waals surface area contributed by atoms with Gasteiger partial charge in [0, 0.05) is 12.8 Å². The lowest BCUT2D eigenvalue weighted by atomic mass is 10.0. The lowest BCUT2D eigenvalue weighted by Crippen LogP contribution is -2.37. The van der Waals surface area contributed by atoms with Crippen LogP contribution in [0.3, 0.4) is 0 Å². The normalized spacial score (nSPS) is 14.0. The van der Waals surface area contributed by atoms with Crippen LogP contribution in [0.25, 0.3) is 0 Å². The maximum atomic E-state index is 12.7. The van der Waals surface area contributed by atoms with Gasteiger partial charge in [0.15, 0.2) is 0 Å². The van der Waals surface area contributed by atoms with E-state index in [0.717, 1.165) is 16.7 Å². The largest absolute Gasteiger partial charge is 0.388 e. The van der Waals surface area contributed by atoms with Crippen LogP contribution >= 0.6 is 0 Å². The third-order valence-corrected chi connectivity index (χ3v) is 7.17. The number of terminal acetylenes is 1. The van der Waals surface area contributed by atoms with Gasteiger partial charge in [0.1, 0.15) is 6.10 Å². The topological polar surface area (TPSA) is 82.1 Å². The second-order valence-electron chi connectivity index (χ2n) is 8.85. The van der Waals surface area contributed by atoms with Crippen LogP contribution in [-0.4, -0.2) is 38.4 Å². The van der Waals surface area contributed by atoms with E-state index in [1.165, 1.54) is 12.1 Å². The van der Waals surface area contributed by atoms with Crippen LogP contribution in [0, 0.1) is 19.3 Å². The molecule has 0 heterocycles. The molecule has 6 nitrogen and oxygen atoms in total. The van der Waals surface area contributed by atoms with E-state index in [0.29, 0.717) is 25.9 Å². The molecule has 0 aliphatic heterocycles. The molecule has 0 aromatic heterocycles. The lowest BCUT2D eigenvalue weighted by molar-refractivity contribution is -0.0913. The number of rotatable bonds is 15. The minimum absolute atomic E-state index is 0.0325. The Morgan fingerprint density at radius 3 is 2.00 bits per heavy atom. The average molecular weight is 523 g/mol. The van der Waals surface area contributed by atoms with Crippen LogP contribution in [0.5, 0.6) is 0 Å². The van der Waals surface area contributed by atoms with E-state index in [2.05, 4.69) is 5.92 Å². The molecule has 3 aromatic carbocycles. The molecule has 3 atom stereocenters. The van der Waals surface area contributed by atoms with Gasteiger partial charge in [-0.1, -0.05) is 78.4 Å². The molecule has 0 unspecified atom stereocenters. The molecule has 0 spiro atoms. The van der Waals surface area contributed by atoms with Crippen LogP contribution in [0.1, 0.15) is 36.0 Å². The van der Waals surface area contributed by atoms with Gasteiger partial charge in [0.05, 0.1) is 36.9 Å². The molecule has 0 bridgehead atoms. The molecule has 3 aromatic rings. The van der Waals surface area contributed by atoms with Crippen molar-refractivity contribution in [1.29, 1.82) is 0 Å². The second kappa shape index (κ2) is 14.7. The standard InChI is InChI=1S/C30H34O6S/c1-3-4-15-27(34-21-25-11-7-5-8-12-25)20-30(35-22-26-13-9-6-10-14-26)29(31)23-36-37(32,33)28-18-16-24(2)17-19-28/h1,5-14,16-19,27,29-31H,4,15,20-23H2,2H3/t27-,29-,30+/m1/s1. The Morgan fingerprint density at radius 1 is 0.865 bits per heavy atom. The van der Waals surface area contributed by atoms with Crippen molar-refractivity contribution in [3.05, 3.63) is 102 Å². The zero-order valence-corrected chi connectivity index (χ0v) is 21.8. The molecule has 0 amide bonds. The molecule has 0 saturated carbocycles. The third-order valence-electron chi connectivity index (χ3n) is 5.87. The number of hydrogen-bond acceptors (Lipinski definition) is 6. The predicted octanol–water partition coefficient (Wildman–Crippen LogP) is 5.04. The number of ether oxygens (including phenoxy) is 2. The summed E-state index contributed by atoms with van der Waals surface area (Å²) in [4.78, 5) is 0.0325. The average Bonchev–Trinajstić information content (AvgIpc) is 2.92. The number of aliphatic hydroxyl groups excluding tert-OH is 1. The zero-order valence-electron chi connectivity index (χ0n) is 21.0. The second-order valence-corrected chi connectivity index (χ2v) is 10.5. The van der Waals surface area contributed by atoms with Gasteiger partial charge in [-0.05, 0) is 36.6 Å². The Kier molecular flexibility index (Phi) is 11.3. The van der Waals surface area contributed by atoms with Crippen molar-refractivity contribution in [3.63, 3.8) is 0 Å². The minimum atomic E-state index is -4.03. The highest BCUT2D eigenvalue weighted by Crippen LogP contribution is 2.20. The van der Waals surface area contributed by atoms with Gasteiger partial charge in [-0.25, -0.2) is 0 Å². The molecule has 0 saturated heterocycles. The summed E-state index contributed by atoms with van der Waals surface area (Å²) in [6, 6.07) is 25.7. The summed E-state index contributed by atoms with van der Waals surface area (Å²) in [5, 5.41) is 11.0. The van der Waals surface area contributed by atoms with Crippen molar-refractivity contribution in [3.8, 4) is 12.3 Å². The Hall–Kier alpha value is -2.99. The maximum Gasteiger partial charge on any atom is 0.297 e. The molecule has 0 radical (unpaired) electrons. The van der Waals surface area contributed by atoms with Crippen LogP contribution in [-0.2, 0) is 37.0 Å². The summed E-state index contributed by atoms with van der Waals surface area (Å²) in [6.07, 6.45) is 4.63. The predicted molar refractivity (Wildman–Crippen MR) is 143 cm³/mol. The Morgan fingerprint density at radius 2 is 1.43 bits per heavy atom. The first kappa shape index (κ1) is 28.6. The number of benzene rings is 3. The molecule has 1 N–H and O–H groups in total. The molecule has 0 aliphatic carbocycles. The van der Waals surface area contributed by atoms with Crippen LogP contribution < -0.4 is 0 Å². The SMILES string of the molecule is C#CCC[C@H](C[C@H](OCc1ccccc1)[C@H](O)COS(=O)(=O)c1ccc(C)cc1)OCc1ccccc1. The van der Waals surface area contributed by atoms with Crippen molar-refractivity contribution in [1.82, 2.24) is 0 Å². The fourth-order valence-electron chi connectivity index (χ4n) is 3.71. The van der Waals surface area contributed by atoms with E-state index in [9.17, 15) is 13.5 Å². The quantitative estimate of drug-likeness (QED) is 0.223. The van der Waals surface area contributed by atoms with E-state index < -0.39 is 28.9 Å². The molecule has 37 heavy (non-hydrogen) atoms. The molecule has 7 heteroatoms. The molecule has 196 valence electrons. The van der Waals surface area contributed by atoms with Crippen molar-refractivity contribution >= 4 is 10.1 Å². The monoisotopic (exact) mass is 522 g/mol. The van der Waals surface area contributed by atoms with E-state index in [4.69, 9.17) is 20.1 Å². The first-order valence-electron chi connectivity index (χ1n) is 12.3. The van der Waals surface area contributed by atoms with Crippen LogP contribution in [0.4, 0.5) is 0 Å². The van der Waals surface area contributed by atoms with Crippen LogP contribution in [0.2, 0.25) is 0 Å². The van der Waals surface area contributed by atoms with Gasteiger partial charge < -0.3 is 14.6 Å². The molecular formula is C30H34O6S. The van der Waals surface area contributed by atoms with Crippen LogP contribution in [0.15, 0.2) is 89.8 Å². The number of hydrogen-bond donors (Lipinski definition) is 1. The fraction of sp³-hybridized carbons (Fsp3) is 0.333. The smallest absolute Gasteiger partial charge is 0.297 e. The zero-order chi connectivity index (χ0) is 26.5. The summed E-state index contributed by atoms with van der Waals surface area (Å²) >= 11 is 0.